The molecule has 2 N–H and O–H groups in total. The van der Waals surface area contributed by atoms with Crippen LogP contribution in [0.25, 0.3) is 0 Å². The number of amides is 1. The van der Waals surface area contributed by atoms with E-state index in [2.05, 4.69) is 11.4 Å². The van der Waals surface area contributed by atoms with Crippen LogP contribution >= 0.6 is 0 Å². The second kappa shape index (κ2) is 7.09. The quantitative estimate of drug-likeness (QED) is 0.527. The maximum absolute atomic E-state index is 11.9. The number of hydrogen-bond donors (Lipinski definition) is 2. The van der Waals surface area contributed by atoms with E-state index in [0.717, 1.165) is 25.7 Å². The smallest absolute Gasteiger partial charge is 0.352 e. The Hall–Kier alpha value is -1.83. The van der Waals surface area contributed by atoms with E-state index in [9.17, 15) is 9.59 Å². The summed E-state index contributed by atoms with van der Waals surface area (Å²) in [4.78, 5) is 22.9. The van der Waals surface area contributed by atoms with Crippen LogP contribution in [0.4, 0.5) is 0 Å². The average Bonchev–Trinajstić information content (AvgIpc) is 3.01. The van der Waals surface area contributed by atoms with Gasteiger partial charge in [-0.1, -0.05) is 26.3 Å². The molecule has 0 spiro atoms. The Morgan fingerprint density at radius 2 is 2.05 bits per heavy atom. The summed E-state index contributed by atoms with van der Waals surface area (Å²) in [5.74, 6) is -1.39. The molecule has 0 aromatic rings. The number of nitriles is 1. The van der Waals surface area contributed by atoms with Gasteiger partial charge >= 0.3 is 5.97 Å². The molecule has 1 atom stereocenters. The summed E-state index contributed by atoms with van der Waals surface area (Å²) in [6, 6.07) is 2.07. The molecule has 1 aliphatic rings. The van der Waals surface area contributed by atoms with Crippen LogP contribution in [0.1, 0.15) is 52.4 Å². The number of nitrogens with one attached hydrogen (secondary N) is 1. The van der Waals surface area contributed by atoms with E-state index in [1.165, 1.54) is 0 Å². The molecule has 1 saturated carbocycles. The third-order valence-corrected chi connectivity index (χ3v) is 3.66. The highest BCUT2D eigenvalue weighted by Gasteiger charge is 2.50. The van der Waals surface area contributed by atoms with Gasteiger partial charge in [0.2, 0.25) is 5.91 Å². The standard InChI is InChI=1S/C15H22N2O3/c1-15(2)10-11(15)13(18)17-12(14(19)20)8-6-4-3-5-7-9-16/h8,11H,3-7,10H2,1-2H3,(H,17,18)(H,19,20)/b12-8-. The molecule has 110 valence electrons. The number of carboxylic acids is 1. The molecule has 1 aliphatic carbocycles. The molecule has 0 radical (unpaired) electrons. The number of allylic oxidation sites excluding steroid dienone is 1. The predicted molar refractivity (Wildman–Crippen MR) is 74.4 cm³/mol. The van der Waals surface area contributed by atoms with E-state index in [1.807, 2.05) is 13.8 Å². The molecular formula is C15H22N2O3. The van der Waals surface area contributed by atoms with Crippen molar-refractivity contribution in [3.63, 3.8) is 0 Å². The zero-order chi connectivity index (χ0) is 15.2. The van der Waals surface area contributed by atoms with Crippen molar-refractivity contribution in [1.82, 2.24) is 5.32 Å². The van der Waals surface area contributed by atoms with E-state index in [4.69, 9.17) is 10.4 Å². The Morgan fingerprint density at radius 1 is 1.40 bits per heavy atom. The molecule has 1 fully saturated rings. The number of hydrogen-bond acceptors (Lipinski definition) is 3. The van der Waals surface area contributed by atoms with Gasteiger partial charge in [0, 0.05) is 12.3 Å². The van der Waals surface area contributed by atoms with Crippen molar-refractivity contribution < 1.29 is 14.7 Å². The van der Waals surface area contributed by atoms with Crippen LogP contribution in [-0.4, -0.2) is 17.0 Å². The SMILES string of the molecule is CC1(C)CC1C(=O)N/C(=C\CCCCCC#N)C(=O)O. The first-order valence-electron chi connectivity index (χ1n) is 7.00. The number of unbranched alkanes of at least 4 members (excludes halogenated alkanes) is 4. The molecule has 5 nitrogen and oxygen atoms in total. The Morgan fingerprint density at radius 3 is 2.55 bits per heavy atom. The van der Waals surface area contributed by atoms with Crippen molar-refractivity contribution >= 4 is 11.9 Å². The van der Waals surface area contributed by atoms with Gasteiger partial charge in [-0.2, -0.15) is 5.26 Å². The number of carboxylic acid groups (broad SMARTS) is 1. The summed E-state index contributed by atoms with van der Waals surface area (Å²) < 4.78 is 0. The first kappa shape index (κ1) is 16.2. The number of carbonyl (C=O) groups excluding carboxylic acids is 1. The van der Waals surface area contributed by atoms with Crippen LogP contribution in [0.15, 0.2) is 11.8 Å². The lowest BCUT2D eigenvalue weighted by Crippen LogP contribution is -2.29. The Labute approximate surface area is 119 Å². The van der Waals surface area contributed by atoms with Gasteiger partial charge in [-0.15, -0.1) is 0 Å². The zero-order valence-electron chi connectivity index (χ0n) is 12.1. The Kier molecular flexibility index (Phi) is 5.75. The van der Waals surface area contributed by atoms with Gasteiger partial charge in [0.25, 0.3) is 0 Å². The first-order chi connectivity index (χ1) is 9.38. The monoisotopic (exact) mass is 278 g/mol. The Bertz CT molecular complexity index is 447. The summed E-state index contributed by atoms with van der Waals surface area (Å²) in [6.45, 7) is 3.99. The van der Waals surface area contributed by atoms with Gasteiger partial charge in [-0.05, 0) is 31.1 Å². The fourth-order valence-electron chi connectivity index (χ4n) is 2.10. The van der Waals surface area contributed by atoms with Crippen molar-refractivity contribution in [2.24, 2.45) is 11.3 Å². The topological polar surface area (TPSA) is 90.2 Å². The fraction of sp³-hybridized carbons (Fsp3) is 0.667. The minimum atomic E-state index is -1.10. The van der Waals surface area contributed by atoms with E-state index >= 15 is 0 Å². The van der Waals surface area contributed by atoms with E-state index in [-0.39, 0.29) is 22.9 Å². The van der Waals surface area contributed by atoms with Crippen LogP contribution in [0.5, 0.6) is 0 Å². The highest BCUT2D eigenvalue weighted by Crippen LogP contribution is 2.51. The minimum Gasteiger partial charge on any atom is -0.477 e. The normalized spacial score (nSPS) is 20.1. The maximum Gasteiger partial charge on any atom is 0.352 e. The summed E-state index contributed by atoms with van der Waals surface area (Å²) in [7, 11) is 0. The molecule has 0 aliphatic heterocycles. The van der Waals surface area contributed by atoms with Crippen LogP contribution in [0.3, 0.4) is 0 Å². The van der Waals surface area contributed by atoms with Gasteiger partial charge in [0.15, 0.2) is 0 Å². The van der Waals surface area contributed by atoms with Gasteiger partial charge in [-0.3, -0.25) is 4.79 Å². The molecule has 1 unspecified atom stereocenters. The van der Waals surface area contributed by atoms with Crippen molar-refractivity contribution in [2.45, 2.75) is 52.4 Å². The number of carbonyl (C=O) groups is 2. The zero-order valence-corrected chi connectivity index (χ0v) is 12.1. The summed E-state index contributed by atoms with van der Waals surface area (Å²) >= 11 is 0. The summed E-state index contributed by atoms with van der Waals surface area (Å²) in [6.07, 6.45) is 6.03. The highest BCUT2D eigenvalue weighted by molar-refractivity contribution is 5.94. The van der Waals surface area contributed by atoms with Crippen molar-refractivity contribution in [2.75, 3.05) is 0 Å². The molecule has 1 amide bonds. The Balaban J connectivity index is 2.39. The van der Waals surface area contributed by atoms with Gasteiger partial charge in [0.05, 0.1) is 6.07 Å². The molecule has 20 heavy (non-hydrogen) atoms. The van der Waals surface area contributed by atoms with E-state index < -0.39 is 5.97 Å². The number of nitrogens with zero attached hydrogens (tertiary/aromatic N) is 1. The summed E-state index contributed by atoms with van der Waals surface area (Å²) in [5, 5.41) is 20.0. The highest BCUT2D eigenvalue weighted by atomic mass is 16.4. The fourth-order valence-corrected chi connectivity index (χ4v) is 2.10. The lowest BCUT2D eigenvalue weighted by molar-refractivity contribution is -0.135. The molecule has 0 aromatic heterocycles. The van der Waals surface area contributed by atoms with Crippen LogP contribution < -0.4 is 5.32 Å². The van der Waals surface area contributed by atoms with Gasteiger partial charge in [0.1, 0.15) is 5.70 Å². The molecule has 5 heteroatoms. The van der Waals surface area contributed by atoms with Crippen molar-refractivity contribution in [3.05, 3.63) is 11.8 Å². The summed E-state index contributed by atoms with van der Waals surface area (Å²) in [5.41, 5.74) is -0.0386. The van der Waals surface area contributed by atoms with E-state index in [0.29, 0.717) is 12.8 Å². The van der Waals surface area contributed by atoms with Gasteiger partial charge in [-0.25, -0.2) is 4.79 Å². The van der Waals surface area contributed by atoms with Crippen LogP contribution in [-0.2, 0) is 9.59 Å². The minimum absolute atomic E-state index is 0.00894. The second-order valence-corrected chi connectivity index (χ2v) is 5.91. The molecule has 1 rings (SSSR count). The number of aliphatic carboxylic acids is 1. The van der Waals surface area contributed by atoms with Crippen LogP contribution in [0, 0.1) is 22.7 Å². The molecule has 0 saturated heterocycles. The van der Waals surface area contributed by atoms with Gasteiger partial charge < -0.3 is 10.4 Å². The molecule has 0 aromatic carbocycles. The van der Waals surface area contributed by atoms with E-state index in [1.54, 1.807) is 6.08 Å². The second-order valence-electron chi connectivity index (χ2n) is 5.91. The average molecular weight is 278 g/mol. The predicted octanol–water partition coefficient (Wildman–Crippen LogP) is 2.59. The molecule has 0 bridgehead atoms. The third kappa shape index (κ3) is 5.04. The maximum atomic E-state index is 11.9. The van der Waals surface area contributed by atoms with Crippen molar-refractivity contribution in [1.29, 1.82) is 5.26 Å². The first-order valence-corrected chi connectivity index (χ1v) is 7.00. The molecular weight excluding hydrogens is 256 g/mol. The lowest BCUT2D eigenvalue weighted by Gasteiger charge is -2.07. The number of rotatable bonds is 8. The third-order valence-electron chi connectivity index (χ3n) is 3.66. The largest absolute Gasteiger partial charge is 0.477 e. The lowest BCUT2D eigenvalue weighted by atomic mass is 10.1. The molecule has 0 heterocycles. The van der Waals surface area contributed by atoms with Crippen molar-refractivity contribution in [3.8, 4) is 6.07 Å². The van der Waals surface area contributed by atoms with Crippen LogP contribution in [0.2, 0.25) is 0 Å².